The summed E-state index contributed by atoms with van der Waals surface area (Å²) >= 11 is 11.8. The van der Waals surface area contributed by atoms with Crippen molar-refractivity contribution in [3.8, 4) is 6.01 Å². The summed E-state index contributed by atoms with van der Waals surface area (Å²) in [6.45, 7) is 0.109. The van der Waals surface area contributed by atoms with Gasteiger partial charge in [-0.15, -0.1) is 0 Å². The molecule has 0 spiro atoms. The first-order valence-corrected chi connectivity index (χ1v) is 7.36. The quantitative estimate of drug-likeness (QED) is 0.885. The van der Waals surface area contributed by atoms with Crippen LogP contribution in [0.15, 0.2) is 18.2 Å². The molecular formula is C14H15Cl2N5O2. The third kappa shape index (κ3) is 4.43. The van der Waals surface area contributed by atoms with Crippen LogP contribution in [0.1, 0.15) is 16.2 Å². The Labute approximate surface area is 143 Å². The van der Waals surface area contributed by atoms with Gasteiger partial charge in [0.25, 0.3) is 5.91 Å². The van der Waals surface area contributed by atoms with Gasteiger partial charge in [-0.05, 0) is 18.2 Å². The molecule has 1 heterocycles. The Morgan fingerprint density at radius 3 is 2.61 bits per heavy atom. The Hall–Kier alpha value is -2.12. The molecule has 0 aliphatic carbocycles. The van der Waals surface area contributed by atoms with Crippen molar-refractivity contribution in [2.45, 2.75) is 6.54 Å². The lowest BCUT2D eigenvalue weighted by molar-refractivity contribution is 0.0950. The zero-order valence-corrected chi connectivity index (χ0v) is 14.3. The molecule has 0 aliphatic rings. The SMILES string of the molecule is COc1nc(CNC(=O)c2ccc(Cl)cc2Cl)nc(N(C)C)n1. The number of rotatable bonds is 5. The molecule has 0 fully saturated rings. The molecule has 0 aliphatic heterocycles. The summed E-state index contributed by atoms with van der Waals surface area (Å²) in [5.74, 6) is 0.460. The fourth-order valence-corrected chi connectivity index (χ4v) is 2.18. The largest absolute Gasteiger partial charge is 0.467 e. The molecule has 1 aromatic carbocycles. The van der Waals surface area contributed by atoms with Gasteiger partial charge in [0.15, 0.2) is 5.82 Å². The van der Waals surface area contributed by atoms with Crippen molar-refractivity contribution in [1.29, 1.82) is 0 Å². The molecule has 2 rings (SSSR count). The number of halogens is 2. The van der Waals surface area contributed by atoms with Gasteiger partial charge in [0.2, 0.25) is 5.95 Å². The molecule has 23 heavy (non-hydrogen) atoms. The van der Waals surface area contributed by atoms with E-state index in [9.17, 15) is 4.79 Å². The fraction of sp³-hybridized carbons (Fsp3) is 0.286. The van der Waals surface area contributed by atoms with Gasteiger partial charge in [-0.25, -0.2) is 0 Å². The number of carbonyl (C=O) groups is 1. The number of anilines is 1. The van der Waals surface area contributed by atoms with Gasteiger partial charge in [0, 0.05) is 19.1 Å². The summed E-state index contributed by atoms with van der Waals surface area (Å²) in [5, 5.41) is 3.44. The van der Waals surface area contributed by atoms with E-state index >= 15 is 0 Å². The Morgan fingerprint density at radius 2 is 2.00 bits per heavy atom. The van der Waals surface area contributed by atoms with Crippen LogP contribution < -0.4 is 15.0 Å². The number of carbonyl (C=O) groups excluding carboxylic acids is 1. The van der Waals surface area contributed by atoms with Crippen molar-refractivity contribution < 1.29 is 9.53 Å². The third-order valence-electron chi connectivity index (χ3n) is 2.81. The van der Waals surface area contributed by atoms with Crippen LogP contribution in [0.2, 0.25) is 10.0 Å². The lowest BCUT2D eigenvalue weighted by Crippen LogP contribution is -2.25. The maximum atomic E-state index is 12.2. The number of benzene rings is 1. The van der Waals surface area contributed by atoms with Crippen LogP contribution in [-0.4, -0.2) is 42.1 Å². The third-order valence-corrected chi connectivity index (χ3v) is 3.36. The molecule has 0 bridgehead atoms. The highest BCUT2D eigenvalue weighted by atomic mass is 35.5. The fourth-order valence-electron chi connectivity index (χ4n) is 1.68. The van der Waals surface area contributed by atoms with Gasteiger partial charge in [-0.3, -0.25) is 4.79 Å². The van der Waals surface area contributed by atoms with Gasteiger partial charge in [-0.1, -0.05) is 23.2 Å². The predicted molar refractivity (Wildman–Crippen MR) is 88.3 cm³/mol. The number of amides is 1. The molecule has 0 saturated carbocycles. The normalized spacial score (nSPS) is 10.3. The van der Waals surface area contributed by atoms with E-state index in [0.29, 0.717) is 22.4 Å². The van der Waals surface area contributed by atoms with Crippen molar-refractivity contribution in [3.63, 3.8) is 0 Å². The highest BCUT2D eigenvalue weighted by molar-refractivity contribution is 6.36. The molecule has 0 atom stereocenters. The van der Waals surface area contributed by atoms with E-state index in [0.717, 1.165) is 0 Å². The smallest absolute Gasteiger partial charge is 0.321 e. The summed E-state index contributed by atoms with van der Waals surface area (Å²) in [4.78, 5) is 26.3. The minimum absolute atomic E-state index is 0.109. The van der Waals surface area contributed by atoms with Gasteiger partial charge >= 0.3 is 6.01 Å². The van der Waals surface area contributed by atoms with Crippen molar-refractivity contribution in [1.82, 2.24) is 20.3 Å². The molecule has 0 unspecified atom stereocenters. The van der Waals surface area contributed by atoms with E-state index < -0.39 is 0 Å². The standard InChI is InChI=1S/C14H15Cl2N5O2/c1-21(2)13-18-11(19-14(20-13)23-3)7-17-12(22)9-5-4-8(15)6-10(9)16/h4-6H,7H2,1-3H3,(H,17,22). The summed E-state index contributed by atoms with van der Waals surface area (Å²) in [6, 6.07) is 4.84. The molecule has 0 saturated heterocycles. The zero-order valence-electron chi connectivity index (χ0n) is 12.8. The molecule has 0 radical (unpaired) electrons. The highest BCUT2D eigenvalue weighted by Gasteiger charge is 2.13. The summed E-state index contributed by atoms with van der Waals surface area (Å²) in [5.41, 5.74) is 0.324. The van der Waals surface area contributed by atoms with E-state index in [4.69, 9.17) is 27.9 Å². The number of aromatic nitrogens is 3. The second kappa shape index (κ2) is 7.43. The van der Waals surface area contributed by atoms with Crippen molar-refractivity contribution in [2.24, 2.45) is 0 Å². The first-order chi connectivity index (χ1) is 10.9. The predicted octanol–water partition coefficient (Wildman–Crippen LogP) is 2.18. The first kappa shape index (κ1) is 17.2. The average Bonchev–Trinajstić information content (AvgIpc) is 2.52. The van der Waals surface area contributed by atoms with Crippen LogP contribution in [0.5, 0.6) is 6.01 Å². The van der Waals surface area contributed by atoms with Gasteiger partial charge in [0.1, 0.15) is 0 Å². The van der Waals surface area contributed by atoms with Crippen LogP contribution in [0.3, 0.4) is 0 Å². The highest BCUT2D eigenvalue weighted by Crippen LogP contribution is 2.20. The lowest BCUT2D eigenvalue weighted by Gasteiger charge is -2.12. The number of methoxy groups -OCH3 is 1. The van der Waals surface area contributed by atoms with E-state index in [2.05, 4.69) is 20.3 Å². The lowest BCUT2D eigenvalue weighted by atomic mass is 10.2. The second-order valence-corrected chi connectivity index (χ2v) is 5.58. The summed E-state index contributed by atoms with van der Waals surface area (Å²) in [6.07, 6.45) is 0. The summed E-state index contributed by atoms with van der Waals surface area (Å²) in [7, 11) is 5.06. The van der Waals surface area contributed by atoms with Gasteiger partial charge in [0.05, 0.1) is 24.2 Å². The second-order valence-electron chi connectivity index (χ2n) is 4.74. The topological polar surface area (TPSA) is 80.2 Å². The number of nitrogens with zero attached hydrogens (tertiary/aromatic N) is 4. The minimum atomic E-state index is -0.350. The molecular weight excluding hydrogens is 341 g/mol. The number of hydrogen-bond acceptors (Lipinski definition) is 6. The van der Waals surface area contributed by atoms with E-state index in [-0.39, 0.29) is 23.5 Å². The Kier molecular flexibility index (Phi) is 5.57. The molecule has 1 amide bonds. The molecule has 2 aromatic rings. The molecule has 1 N–H and O–H groups in total. The Bertz CT molecular complexity index is 724. The minimum Gasteiger partial charge on any atom is -0.467 e. The van der Waals surface area contributed by atoms with Gasteiger partial charge in [-0.2, -0.15) is 15.0 Å². The molecule has 122 valence electrons. The van der Waals surface area contributed by atoms with Crippen LogP contribution >= 0.6 is 23.2 Å². The van der Waals surface area contributed by atoms with Crippen LogP contribution in [0, 0.1) is 0 Å². The van der Waals surface area contributed by atoms with Crippen molar-refractivity contribution in [3.05, 3.63) is 39.6 Å². The summed E-state index contributed by atoms with van der Waals surface area (Å²) < 4.78 is 5.03. The van der Waals surface area contributed by atoms with E-state index in [1.54, 1.807) is 31.1 Å². The molecule has 1 aromatic heterocycles. The first-order valence-electron chi connectivity index (χ1n) is 6.60. The Morgan fingerprint density at radius 1 is 1.26 bits per heavy atom. The monoisotopic (exact) mass is 355 g/mol. The van der Waals surface area contributed by atoms with Crippen LogP contribution in [-0.2, 0) is 6.54 Å². The maximum absolute atomic E-state index is 12.2. The molecule has 9 heteroatoms. The number of hydrogen-bond donors (Lipinski definition) is 1. The molecule has 7 nitrogen and oxygen atoms in total. The van der Waals surface area contributed by atoms with Crippen molar-refractivity contribution in [2.75, 3.05) is 26.1 Å². The van der Waals surface area contributed by atoms with Crippen molar-refractivity contribution >= 4 is 35.1 Å². The van der Waals surface area contributed by atoms with E-state index in [1.807, 2.05) is 0 Å². The number of nitrogens with one attached hydrogen (secondary N) is 1. The van der Waals surface area contributed by atoms with Gasteiger partial charge < -0.3 is 15.0 Å². The number of ether oxygens (including phenoxy) is 1. The van der Waals surface area contributed by atoms with E-state index in [1.165, 1.54) is 13.2 Å². The van der Waals surface area contributed by atoms with Crippen LogP contribution in [0.25, 0.3) is 0 Å². The maximum Gasteiger partial charge on any atom is 0.321 e. The van der Waals surface area contributed by atoms with Crippen LogP contribution in [0.4, 0.5) is 5.95 Å². The zero-order chi connectivity index (χ0) is 17.0. The average molecular weight is 356 g/mol. The Balaban J connectivity index is 2.13.